The second-order valence-electron chi connectivity index (χ2n) is 7.04. The third-order valence-corrected chi connectivity index (χ3v) is 4.98. The topological polar surface area (TPSA) is 52.9 Å². The molecule has 2 unspecified atom stereocenters. The van der Waals surface area contributed by atoms with Crippen LogP contribution in [-0.2, 0) is 4.79 Å². The number of benzene rings is 1. The van der Waals surface area contributed by atoms with E-state index in [1.165, 1.54) is 0 Å². The highest BCUT2D eigenvalue weighted by Crippen LogP contribution is 2.23. The minimum Gasteiger partial charge on any atom is -0.320 e. The molecule has 1 rings (SSSR count). The SMILES string of the molecule is CCCC[N+](C)(CCC)C(C)C(=O)Nc1c(C)cc(C#N)cc1C. The van der Waals surface area contributed by atoms with E-state index in [4.69, 9.17) is 5.26 Å². The molecule has 0 heterocycles. The predicted molar refractivity (Wildman–Crippen MR) is 99.8 cm³/mol. The lowest BCUT2D eigenvalue weighted by molar-refractivity contribution is -0.922. The molecule has 132 valence electrons. The van der Waals surface area contributed by atoms with Gasteiger partial charge in [0.2, 0.25) is 0 Å². The third kappa shape index (κ3) is 4.82. The van der Waals surface area contributed by atoms with Crippen LogP contribution in [-0.4, -0.2) is 36.6 Å². The van der Waals surface area contributed by atoms with Gasteiger partial charge in [-0.15, -0.1) is 0 Å². The molecular weight excluding hydrogens is 298 g/mol. The minimum absolute atomic E-state index is 0.0537. The molecule has 4 heteroatoms. The zero-order valence-electron chi connectivity index (χ0n) is 16.1. The Labute approximate surface area is 147 Å². The number of aryl methyl sites for hydroxylation is 2. The molecule has 0 aromatic heterocycles. The van der Waals surface area contributed by atoms with E-state index >= 15 is 0 Å². The Morgan fingerprint density at radius 3 is 2.25 bits per heavy atom. The van der Waals surface area contributed by atoms with Crippen molar-refractivity contribution in [2.75, 3.05) is 25.5 Å². The van der Waals surface area contributed by atoms with Gasteiger partial charge in [0.25, 0.3) is 5.91 Å². The highest BCUT2D eigenvalue weighted by molar-refractivity contribution is 5.95. The summed E-state index contributed by atoms with van der Waals surface area (Å²) in [4.78, 5) is 12.9. The molecule has 0 saturated carbocycles. The van der Waals surface area contributed by atoms with Crippen LogP contribution in [0.3, 0.4) is 0 Å². The Balaban J connectivity index is 2.99. The van der Waals surface area contributed by atoms with Gasteiger partial charge in [-0.1, -0.05) is 20.3 Å². The molecule has 0 spiro atoms. The number of amides is 1. The van der Waals surface area contributed by atoms with Crippen LogP contribution in [0.1, 0.15) is 56.7 Å². The number of carbonyl (C=O) groups excluding carboxylic acids is 1. The molecule has 1 aromatic carbocycles. The number of nitrogens with zero attached hydrogens (tertiary/aromatic N) is 2. The Kier molecular flexibility index (Phi) is 7.44. The number of hydrogen-bond acceptors (Lipinski definition) is 2. The van der Waals surface area contributed by atoms with E-state index in [2.05, 4.69) is 32.3 Å². The highest BCUT2D eigenvalue weighted by Gasteiger charge is 2.33. The minimum atomic E-state index is -0.106. The van der Waals surface area contributed by atoms with Crippen molar-refractivity contribution in [2.45, 2.75) is 59.9 Å². The van der Waals surface area contributed by atoms with Crippen LogP contribution in [0.4, 0.5) is 5.69 Å². The number of nitriles is 1. The van der Waals surface area contributed by atoms with Crippen molar-refractivity contribution < 1.29 is 9.28 Å². The van der Waals surface area contributed by atoms with Gasteiger partial charge in [-0.3, -0.25) is 4.79 Å². The van der Waals surface area contributed by atoms with Crippen LogP contribution in [0.25, 0.3) is 0 Å². The Morgan fingerprint density at radius 1 is 1.21 bits per heavy atom. The maximum atomic E-state index is 12.9. The summed E-state index contributed by atoms with van der Waals surface area (Å²) in [5.41, 5.74) is 3.34. The standard InChI is InChI=1S/C20H31N3O/c1-7-9-11-23(6,10-8-2)17(5)20(24)22-19-15(3)12-18(14-21)13-16(19)4/h12-13,17H,7-11H2,1-6H3/p+1. The summed E-state index contributed by atoms with van der Waals surface area (Å²) < 4.78 is 0.768. The molecule has 1 N–H and O–H groups in total. The lowest BCUT2D eigenvalue weighted by atomic mass is 10.0. The molecule has 0 aliphatic carbocycles. The van der Waals surface area contributed by atoms with Crippen LogP contribution in [0.2, 0.25) is 0 Å². The largest absolute Gasteiger partial charge is 0.320 e. The van der Waals surface area contributed by atoms with E-state index in [0.29, 0.717) is 5.56 Å². The van der Waals surface area contributed by atoms with Crippen molar-refractivity contribution in [3.63, 3.8) is 0 Å². The zero-order chi connectivity index (χ0) is 18.3. The first-order valence-corrected chi connectivity index (χ1v) is 8.95. The summed E-state index contributed by atoms with van der Waals surface area (Å²) >= 11 is 0. The van der Waals surface area contributed by atoms with Crippen molar-refractivity contribution in [1.82, 2.24) is 0 Å². The van der Waals surface area contributed by atoms with Crippen LogP contribution in [0.15, 0.2) is 12.1 Å². The normalized spacial score (nSPS) is 14.5. The fraction of sp³-hybridized carbons (Fsp3) is 0.600. The summed E-state index contributed by atoms with van der Waals surface area (Å²) in [6, 6.07) is 5.70. The predicted octanol–water partition coefficient (Wildman–Crippen LogP) is 4.16. The van der Waals surface area contributed by atoms with Gasteiger partial charge in [-0.2, -0.15) is 5.26 Å². The average Bonchev–Trinajstić information content (AvgIpc) is 2.55. The third-order valence-electron chi connectivity index (χ3n) is 4.98. The van der Waals surface area contributed by atoms with Crippen molar-refractivity contribution in [1.29, 1.82) is 5.26 Å². The molecule has 0 aliphatic rings. The van der Waals surface area contributed by atoms with E-state index in [0.717, 1.165) is 53.6 Å². The van der Waals surface area contributed by atoms with Crippen molar-refractivity contribution >= 4 is 11.6 Å². The summed E-state index contributed by atoms with van der Waals surface area (Å²) in [7, 11) is 2.18. The quantitative estimate of drug-likeness (QED) is 0.728. The van der Waals surface area contributed by atoms with Crippen LogP contribution in [0.5, 0.6) is 0 Å². The summed E-state index contributed by atoms with van der Waals surface area (Å²) in [5, 5.41) is 12.2. The molecule has 0 saturated heterocycles. The maximum Gasteiger partial charge on any atom is 0.282 e. The number of nitrogens with one attached hydrogen (secondary N) is 1. The van der Waals surface area contributed by atoms with Gasteiger partial charge in [0.05, 0.1) is 31.8 Å². The molecule has 0 aliphatic heterocycles. The van der Waals surface area contributed by atoms with Crippen LogP contribution < -0.4 is 5.32 Å². The molecule has 0 bridgehead atoms. The van der Waals surface area contributed by atoms with E-state index in [1.54, 1.807) is 0 Å². The van der Waals surface area contributed by atoms with Gasteiger partial charge in [0.1, 0.15) is 0 Å². The number of quaternary nitrogens is 1. The van der Waals surface area contributed by atoms with Gasteiger partial charge >= 0.3 is 0 Å². The van der Waals surface area contributed by atoms with E-state index < -0.39 is 0 Å². The molecule has 1 amide bonds. The molecule has 4 nitrogen and oxygen atoms in total. The van der Waals surface area contributed by atoms with Crippen LogP contribution >= 0.6 is 0 Å². The number of likely N-dealkylation sites (N-methyl/N-ethyl adjacent to an activating group) is 1. The van der Waals surface area contributed by atoms with Crippen LogP contribution in [0, 0.1) is 25.2 Å². The van der Waals surface area contributed by atoms with Gasteiger partial charge < -0.3 is 9.80 Å². The smallest absolute Gasteiger partial charge is 0.282 e. The number of anilines is 1. The molecule has 2 atom stereocenters. The lowest BCUT2D eigenvalue weighted by Crippen LogP contribution is -2.56. The fourth-order valence-electron chi connectivity index (χ4n) is 3.27. The number of unbranched alkanes of at least 4 members (excludes halogenated alkanes) is 1. The lowest BCUT2D eigenvalue weighted by Gasteiger charge is -2.39. The first kappa shape index (κ1) is 20.2. The van der Waals surface area contributed by atoms with Gasteiger partial charge in [-0.25, -0.2) is 0 Å². The summed E-state index contributed by atoms with van der Waals surface area (Å²) in [5.74, 6) is 0.0537. The molecule has 24 heavy (non-hydrogen) atoms. The second-order valence-corrected chi connectivity index (χ2v) is 7.04. The van der Waals surface area contributed by atoms with Crippen molar-refractivity contribution in [2.24, 2.45) is 0 Å². The maximum absolute atomic E-state index is 12.9. The Hall–Kier alpha value is -1.86. The number of hydrogen-bond donors (Lipinski definition) is 1. The molecule has 0 fully saturated rings. The zero-order valence-corrected chi connectivity index (χ0v) is 16.1. The van der Waals surface area contributed by atoms with Crippen molar-refractivity contribution in [3.8, 4) is 6.07 Å². The van der Waals surface area contributed by atoms with E-state index in [-0.39, 0.29) is 11.9 Å². The van der Waals surface area contributed by atoms with Gasteiger partial charge in [0, 0.05) is 5.69 Å². The Morgan fingerprint density at radius 2 is 1.79 bits per heavy atom. The highest BCUT2D eigenvalue weighted by atomic mass is 16.2. The molecular formula is C20H32N3O+. The first-order valence-electron chi connectivity index (χ1n) is 8.95. The van der Waals surface area contributed by atoms with E-state index in [1.807, 2.05) is 32.9 Å². The summed E-state index contributed by atoms with van der Waals surface area (Å²) in [6.45, 7) is 12.3. The monoisotopic (exact) mass is 330 g/mol. The summed E-state index contributed by atoms with van der Waals surface area (Å²) in [6.07, 6.45) is 3.33. The molecule has 1 aromatic rings. The Bertz CT molecular complexity index is 595. The first-order chi connectivity index (χ1) is 11.3. The molecule has 0 radical (unpaired) electrons. The average molecular weight is 330 g/mol. The van der Waals surface area contributed by atoms with Gasteiger partial charge in [-0.05, 0) is 56.9 Å². The van der Waals surface area contributed by atoms with E-state index in [9.17, 15) is 4.79 Å². The fourth-order valence-corrected chi connectivity index (χ4v) is 3.27. The number of carbonyl (C=O) groups is 1. The number of rotatable bonds is 8. The van der Waals surface area contributed by atoms with Gasteiger partial charge in [0.15, 0.2) is 6.04 Å². The van der Waals surface area contributed by atoms with Crippen molar-refractivity contribution in [3.05, 3.63) is 28.8 Å². The second kappa shape index (κ2) is 8.84.